The van der Waals surface area contributed by atoms with Gasteiger partial charge in [-0.3, -0.25) is 20.4 Å². The van der Waals surface area contributed by atoms with Crippen LogP contribution in [0.25, 0.3) is 0 Å². The fourth-order valence-corrected chi connectivity index (χ4v) is 2.61. The van der Waals surface area contributed by atoms with Crippen molar-refractivity contribution in [1.29, 1.82) is 0 Å². The van der Waals surface area contributed by atoms with Crippen LogP contribution in [0.4, 0.5) is 0 Å². The van der Waals surface area contributed by atoms with Gasteiger partial charge in [0.05, 0.1) is 15.5 Å². The van der Waals surface area contributed by atoms with Crippen molar-refractivity contribution in [2.75, 3.05) is 0 Å². The van der Waals surface area contributed by atoms with E-state index in [2.05, 4.69) is 10.9 Å². The molecule has 2 rings (SSSR count). The van der Waals surface area contributed by atoms with Crippen LogP contribution in [0, 0.1) is 0 Å². The van der Waals surface area contributed by atoms with E-state index in [9.17, 15) is 18.0 Å². The van der Waals surface area contributed by atoms with E-state index >= 15 is 0 Å². The molecule has 0 aliphatic carbocycles. The second-order valence-corrected chi connectivity index (χ2v) is 7.01. The van der Waals surface area contributed by atoms with Crippen LogP contribution in [-0.2, 0) is 10.0 Å². The summed E-state index contributed by atoms with van der Waals surface area (Å²) < 4.78 is 22.3. The molecule has 0 spiro atoms. The van der Waals surface area contributed by atoms with E-state index in [1.54, 1.807) is 0 Å². The summed E-state index contributed by atoms with van der Waals surface area (Å²) in [5.41, 5.74) is 4.58. The van der Waals surface area contributed by atoms with Gasteiger partial charge in [0.2, 0.25) is 10.0 Å². The van der Waals surface area contributed by atoms with Gasteiger partial charge in [0.1, 0.15) is 0 Å². The Balaban J connectivity index is 2.05. The lowest BCUT2D eigenvalue weighted by Gasteiger charge is -2.09. The Kier molecular flexibility index (Phi) is 5.45. The van der Waals surface area contributed by atoms with Gasteiger partial charge >= 0.3 is 0 Å². The lowest BCUT2D eigenvalue weighted by Crippen LogP contribution is -2.41. The number of hydrazine groups is 1. The van der Waals surface area contributed by atoms with Crippen molar-refractivity contribution >= 4 is 45.0 Å². The number of nitrogens with two attached hydrogens (primary N) is 1. The second-order valence-electron chi connectivity index (χ2n) is 4.60. The number of carbonyl (C=O) groups is 2. The van der Waals surface area contributed by atoms with Crippen LogP contribution in [0.2, 0.25) is 10.0 Å². The predicted octanol–water partition coefficient (Wildman–Crippen LogP) is 1.72. The van der Waals surface area contributed by atoms with Crippen LogP contribution in [0.15, 0.2) is 47.4 Å². The zero-order valence-corrected chi connectivity index (χ0v) is 14.2. The van der Waals surface area contributed by atoms with Crippen LogP contribution >= 0.6 is 23.2 Å². The summed E-state index contributed by atoms with van der Waals surface area (Å²) in [6.07, 6.45) is 0. The number of rotatable bonds is 3. The third kappa shape index (κ3) is 4.45. The average Bonchev–Trinajstić information content (AvgIpc) is 2.53. The number of hydrogen-bond acceptors (Lipinski definition) is 4. The maximum atomic E-state index is 12.0. The highest BCUT2D eigenvalue weighted by atomic mass is 35.5. The molecule has 10 heteroatoms. The molecular formula is C14H11Cl2N3O4S. The van der Waals surface area contributed by atoms with Crippen LogP contribution in [0.3, 0.4) is 0 Å². The molecule has 4 N–H and O–H groups in total. The minimum absolute atomic E-state index is 0.0917. The molecule has 0 fully saturated rings. The van der Waals surface area contributed by atoms with E-state index in [0.717, 1.165) is 0 Å². The third-order valence-electron chi connectivity index (χ3n) is 2.91. The number of hydrogen-bond donors (Lipinski definition) is 3. The maximum Gasteiger partial charge on any atom is 0.271 e. The van der Waals surface area contributed by atoms with Gasteiger partial charge in [0.15, 0.2) is 0 Å². The van der Waals surface area contributed by atoms with Crippen LogP contribution in [0.1, 0.15) is 20.7 Å². The lowest BCUT2D eigenvalue weighted by atomic mass is 10.2. The first-order valence-corrected chi connectivity index (χ1v) is 8.67. The summed E-state index contributed by atoms with van der Waals surface area (Å²) in [6.45, 7) is 0. The summed E-state index contributed by atoms with van der Waals surface area (Å²) in [4.78, 5) is 23.8. The maximum absolute atomic E-state index is 12.0. The van der Waals surface area contributed by atoms with Gasteiger partial charge in [-0.15, -0.1) is 0 Å². The van der Waals surface area contributed by atoms with Crippen molar-refractivity contribution in [2.24, 2.45) is 5.14 Å². The molecule has 0 aliphatic heterocycles. The Morgan fingerprint density at radius 3 is 2.08 bits per heavy atom. The molecule has 24 heavy (non-hydrogen) atoms. The van der Waals surface area contributed by atoms with Crippen molar-refractivity contribution < 1.29 is 18.0 Å². The fraction of sp³-hybridized carbons (Fsp3) is 0. The van der Waals surface area contributed by atoms with E-state index in [-0.39, 0.29) is 21.0 Å². The number of amides is 2. The molecule has 0 heterocycles. The number of primary sulfonamides is 1. The molecule has 2 aromatic rings. The van der Waals surface area contributed by atoms with Crippen molar-refractivity contribution in [3.63, 3.8) is 0 Å². The summed E-state index contributed by atoms with van der Waals surface area (Å²) in [5.74, 6) is -1.31. The summed E-state index contributed by atoms with van der Waals surface area (Å²) >= 11 is 11.7. The first-order valence-electron chi connectivity index (χ1n) is 6.37. The molecule has 2 amide bonds. The monoisotopic (exact) mass is 387 g/mol. The van der Waals surface area contributed by atoms with E-state index in [0.29, 0.717) is 5.02 Å². The zero-order chi connectivity index (χ0) is 17.9. The van der Waals surface area contributed by atoms with E-state index < -0.39 is 21.8 Å². The second kappa shape index (κ2) is 7.18. The van der Waals surface area contributed by atoms with Crippen LogP contribution in [0.5, 0.6) is 0 Å². The Morgan fingerprint density at radius 2 is 1.50 bits per heavy atom. The largest absolute Gasteiger partial charge is 0.271 e. The minimum Gasteiger partial charge on any atom is -0.267 e. The van der Waals surface area contributed by atoms with E-state index in [1.807, 2.05) is 0 Å². The highest BCUT2D eigenvalue weighted by Crippen LogP contribution is 2.20. The molecule has 0 radical (unpaired) electrons. The SMILES string of the molecule is NS(=O)(=O)c1ccc(C(=O)NNC(=O)c2cc(Cl)ccc2Cl)cc1. The zero-order valence-electron chi connectivity index (χ0n) is 11.9. The van der Waals surface area contributed by atoms with Crippen molar-refractivity contribution in [3.05, 3.63) is 63.6 Å². The summed E-state index contributed by atoms with van der Waals surface area (Å²) in [5, 5.41) is 5.45. The normalized spacial score (nSPS) is 11.0. The molecule has 7 nitrogen and oxygen atoms in total. The van der Waals surface area contributed by atoms with E-state index in [4.69, 9.17) is 28.3 Å². The first kappa shape index (κ1) is 18.2. The topological polar surface area (TPSA) is 118 Å². The molecule has 0 bridgehead atoms. The molecular weight excluding hydrogens is 377 g/mol. The molecule has 0 aromatic heterocycles. The van der Waals surface area contributed by atoms with Gasteiger partial charge in [0, 0.05) is 10.6 Å². The highest BCUT2D eigenvalue weighted by molar-refractivity contribution is 7.89. The molecule has 126 valence electrons. The molecule has 0 saturated heterocycles. The predicted molar refractivity (Wildman–Crippen MR) is 89.2 cm³/mol. The Labute approximate surface area is 147 Å². The highest BCUT2D eigenvalue weighted by Gasteiger charge is 2.14. The van der Waals surface area contributed by atoms with Crippen molar-refractivity contribution in [1.82, 2.24) is 10.9 Å². The van der Waals surface area contributed by atoms with Crippen LogP contribution < -0.4 is 16.0 Å². The Bertz CT molecular complexity index is 899. The Morgan fingerprint density at radius 1 is 0.917 bits per heavy atom. The van der Waals surface area contributed by atoms with Gasteiger partial charge in [0.25, 0.3) is 11.8 Å². The molecule has 0 aliphatic rings. The molecule has 0 unspecified atom stereocenters. The summed E-state index contributed by atoms with van der Waals surface area (Å²) in [7, 11) is -3.84. The average molecular weight is 388 g/mol. The number of nitrogens with one attached hydrogen (secondary N) is 2. The molecule has 0 atom stereocenters. The van der Waals surface area contributed by atoms with Crippen LogP contribution in [-0.4, -0.2) is 20.2 Å². The summed E-state index contributed by atoms with van der Waals surface area (Å²) in [6, 6.07) is 9.20. The molecule has 2 aromatic carbocycles. The van der Waals surface area contributed by atoms with Crippen molar-refractivity contribution in [3.8, 4) is 0 Å². The number of benzene rings is 2. The van der Waals surface area contributed by atoms with Crippen molar-refractivity contribution in [2.45, 2.75) is 4.90 Å². The standard InChI is InChI=1S/C14H11Cl2N3O4S/c15-9-3-6-12(16)11(7-9)14(21)19-18-13(20)8-1-4-10(5-2-8)24(17,22)23/h1-7H,(H,18,20)(H,19,21)(H2,17,22,23). The van der Waals surface area contributed by atoms with Gasteiger partial charge < -0.3 is 0 Å². The smallest absolute Gasteiger partial charge is 0.267 e. The quantitative estimate of drug-likeness (QED) is 0.694. The van der Waals surface area contributed by atoms with E-state index in [1.165, 1.54) is 42.5 Å². The van der Waals surface area contributed by atoms with Gasteiger partial charge in [-0.2, -0.15) is 0 Å². The molecule has 0 saturated carbocycles. The number of carbonyl (C=O) groups excluding carboxylic acids is 2. The third-order valence-corrected chi connectivity index (χ3v) is 4.40. The Hall–Kier alpha value is -2.13. The van der Waals surface area contributed by atoms with Gasteiger partial charge in [-0.25, -0.2) is 13.6 Å². The van der Waals surface area contributed by atoms with Gasteiger partial charge in [-0.1, -0.05) is 23.2 Å². The number of sulfonamides is 1. The van der Waals surface area contributed by atoms with Gasteiger partial charge in [-0.05, 0) is 42.5 Å². The minimum atomic E-state index is -3.84. The fourth-order valence-electron chi connectivity index (χ4n) is 1.72. The lowest BCUT2D eigenvalue weighted by molar-refractivity contribution is 0.0846. The number of halogens is 2. The first-order chi connectivity index (χ1) is 11.2.